The van der Waals surface area contributed by atoms with E-state index in [2.05, 4.69) is 0 Å². The van der Waals surface area contributed by atoms with Gasteiger partial charge >= 0.3 is 11.7 Å². The largest absolute Gasteiger partial charge is 0.456 e. The maximum atomic E-state index is 13.1. The van der Waals surface area contributed by atoms with E-state index in [4.69, 9.17) is 9.15 Å². The van der Waals surface area contributed by atoms with Crippen LogP contribution >= 0.6 is 0 Å². The molecule has 28 heavy (non-hydrogen) atoms. The van der Waals surface area contributed by atoms with Crippen LogP contribution in [0.25, 0.3) is 11.1 Å². The van der Waals surface area contributed by atoms with E-state index >= 15 is 0 Å². The second-order valence-corrected chi connectivity index (χ2v) is 5.58. The molecule has 3 aromatic rings. The van der Waals surface area contributed by atoms with Crippen LogP contribution in [0.2, 0.25) is 0 Å². The molecule has 1 aromatic heterocycles. The van der Waals surface area contributed by atoms with Crippen LogP contribution in [0.3, 0.4) is 0 Å². The van der Waals surface area contributed by atoms with E-state index in [1.807, 2.05) is 0 Å². The van der Waals surface area contributed by atoms with Gasteiger partial charge in [0.05, 0.1) is 16.5 Å². The fraction of sp³-hybridized carbons (Fsp3) is 0.118. The number of carbonyl (C=O) groups excluding carboxylic acids is 2. The maximum Gasteiger partial charge on any atom is 0.420 e. The zero-order valence-corrected chi connectivity index (χ0v) is 13.9. The van der Waals surface area contributed by atoms with Crippen LogP contribution in [0, 0.1) is 21.7 Å². The van der Waals surface area contributed by atoms with Gasteiger partial charge < -0.3 is 9.15 Å². The third-order valence-electron chi connectivity index (χ3n) is 3.76. The number of hydrogen-bond donors (Lipinski definition) is 0. The molecule has 0 spiro atoms. The highest BCUT2D eigenvalue weighted by atomic mass is 19.2. The minimum Gasteiger partial charge on any atom is -0.456 e. The first-order chi connectivity index (χ1) is 13.3. The Labute approximate surface area is 153 Å². The van der Waals surface area contributed by atoms with E-state index in [0.29, 0.717) is 6.07 Å². The fourth-order valence-electron chi connectivity index (χ4n) is 2.39. The lowest BCUT2D eigenvalue weighted by Crippen LogP contribution is -2.23. The Hall–Kier alpha value is -3.89. The second kappa shape index (κ2) is 7.39. The molecule has 0 amide bonds. The summed E-state index contributed by atoms with van der Waals surface area (Å²) in [4.78, 5) is 45.7. The number of rotatable bonds is 6. The molecule has 1 heterocycles. The van der Waals surface area contributed by atoms with Gasteiger partial charge in [-0.1, -0.05) is 0 Å². The first-order valence-corrected chi connectivity index (χ1v) is 7.68. The number of nitro benzene ring substituents is 1. The minimum atomic E-state index is -1.22. The number of carbonyl (C=O) groups is 2. The molecule has 0 bridgehead atoms. The SMILES string of the molecule is O=C(Cn1c(=O)oc2cc([N+](=O)[O-])ccc21)OCC(=O)c1ccc(F)c(F)c1. The van der Waals surface area contributed by atoms with Gasteiger partial charge in [-0.05, 0) is 24.3 Å². The number of esters is 1. The molecular weight excluding hydrogens is 382 g/mol. The topological polar surface area (TPSA) is 122 Å². The number of nitro groups is 1. The predicted molar refractivity (Wildman–Crippen MR) is 88.8 cm³/mol. The lowest BCUT2D eigenvalue weighted by molar-refractivity contribution is -0.384. The molecule has 9 nitrogen and oxygen atoms in total. The zero-order valence-electron chi connectivity index (χ0n) is 13.9. The van der Waals surface area contributed by atoms with Crippen molar-refractivity contribution in [2.75, 3.05) is 6.61 Å². The summed E-state index contributed by atoms with van der Waals surface area (Å²) >= 11 is 0. The van der Waals surface area contributed by atoms with Crippen LogP contribution in [-0.2, 0) is 16.1 Å². The highest BCUT2D eigenvalue weighted by Crippen LogP contribution is 2.20. The van der Waals surface area contributed by atoms with E-state index in [-0.39, 0.29) is 22.4 Å². The summed E-state index contributed by atoms with van der Waals surface area (Å²) in [6.45, 7) is -1.37. The van der Waals surface area contributed by atoms with Crippen LogP contribution in [-0.4, -0.2) is 27.8 Å². The first-order valence-electron chi connectivity index (χ1n) is 7.68. The van der Waals surface area contributed by atoms with Crippen LogP contribution in [0.15, 0.2) is 45.6 Å². The average Bonchev–Trinajstić information content (AvgIpc) is 2.96. The van der Waals surface area contributed by atoms with Crippen LogP contribution in [0.4, 0.5) is 14.5 Å². The van der Waals surface area contributed by atoms with Gasteiger partial charge in [0.15, 0.2) is 29.6 Å². The first kappa shape index (κ1) is 18.9. The number of oxazole rings is 1. The molecular formula is C17H10F2N2O7. The van der Waals surface area contributed by atoms with E-state index < -0.39 is 47.2 Å². The molecule has 2 aromatic carbocycles. The molecule has 0 fully saturated rings. The number of non-ortho nitro benzene ring substituents is 1. The number of fused-ring (bicyclic) bond motifs is 1. The summed E-state index contributed by atoms with van der Waals surface area (Å²) in [5, 5.41) is 10.7. The summed E-state index contributed by atoms with van der Waals surface area (Å²) in [5.41, 5.74) is -0.456. The number of ketones is 1. The number of halogens is 2. The lowest BCUT2D eigenvalue weighted by Gasteiger charge is -2.05. The quantitative estimate of drug-likeness (QED) is 0.273. The molecule has 0 saturated heterocycles. The van der Waals surface area contributed by atoms with Crippen molar-refractivity contribution in [3.63, 3.8) is 0 Å². The third kappa shape index (κ3) is 3.77. The number of benzene rings is 2. The Kier molecular flexibility index (Phi) is 4.98. The lowest BCUT2D eigenvalue weighted by atomic mass is 10.1. The standard InChI is InChI=1S/C17H10F2N2O7/c18-11-3-1-9(5-12(11)19)14(22)8-27-16(23)7-20-13-4-2-10(21(25)26)6-15(13)28-17(20)24/h1-6H,7-8H2. The van der Waals surface area contributed by atoms with Gasteiger partial charge in [0.2, 0.25) is 0 Å². The number of Topliss-reactive ketones (excluding diaryl/α,β-unsaturated/α-hetero) is 1. The monoisotopic (exact) mass is 392 g/mol. The smallest absolute Gasteiger partial charge is 0.420 e. The van der Waals surface area contributed by atoms with E-state index in [9.17, 15) is 33.3 Å². The van der Waals surface area contributed by atoms with Crippen molar-refractivity contribution < 1.29 is 32.4 Å². The highest BCUT2D eigenvalue weighted by Gasteiger charge is 2.18. The molecule has 0 aliphatic rings. The van der Waals surface area contributed by atoms with Crippen molar-refractivity contribution in [2.45, 2.75) is 6.54 Å². The van der Waals surface area contributed by atoms with Gasteiger partial charge in [-0.15, -0.1) is 0 Å². The van der Waals surface area contributed by atoms with Crippen LogP contribution in [0.1, 0.15) is 10.4 Å². The molecule has 0 saturated carbocycles. The van der Waals surface area contributed by atoms with E-state index in [1.165, 1.54) is 6.07 Å². The molecule has 11 heteroatoms. The summed E-state index contributed by atoms with van der Waals surface area (Å²) in [6, 6.07) is 5.87. The van der Waals surface area contributed by atoms with Gasteiger partial charge in [-0.25, -0.2) is 13.6 Å². The maximum absolute atomic E-state index is 13.1. The van der Waals surface area contributed by atoms with Crippen molar-refractivity contribution in [3.8, 4) is 0 Å². The molecule has 0 unspecified atom stereocenters. The molecule has 0 aliphatic carbocycles. The Morgan fingerprint density at radius 2 is 1.89 bits per heavy atom. The summed E-state index contributed by atoms with van der Waals surface area (Å²) in [6.07, 6.45) is 0. The van der Waals surface area contributed by atoms with Crippen LogP contribution < -0.4 is 5.76 Å². The molecule has 144 valence electrons. The summed E-state index contributed by atoms with van der Waals surface area (Å²) in [5.74, 6) is -5.03. The van der Waals surface area contributed by atoms with Gasteiger partial charge in [0, 0.05) is 11.6 Å². The van der Waals surface area contributed by atoms with Crippen molar-refractivity contribution in [3.05, 3.63) is 74.3 Å². The molecule has 3 rings (SSSR count). The Balaban J connectivity index is 1.70. The summed E-state index contributed by atoms with van der Waals surface area (Å²) in [7, 11) is 0. The number of aromatic nitrogens is 1. The van der Waals surface area contributed by atoms with Crippen LogP contribution in [0.5, 0.6) is 0 Å². The average molecular weight is 392 g/mol. The van der Waals surface area contributed by atoms with Gasteiger partial charge in [-0.3, -0.25) is 24.3 Å². The second-order valence-electron chi connectivity index (χ2n) is 5.58. The van der Waals surface area contributed by atoms with Crippen molar-refractivity contribution in [1.29, 1.82) is 0 Å². The highest BCUT2D eigenvalue weighted by molar-refractivity contribution is 5.98. The van der Waals surface area contributed by atoms with Gasteiger partial charge in [-0.2, -0.15) is 0 Å². The predicted octanol–water partition coefficient (Wildman–Crippen LogP) is 2.21. The van der Waals surface area contributed by atoms with E-state index in [0.717, 1.165) is 28.8 Å². The normalized spacial score (nSPS) is 10.8. The van der Waals surface area contributed by atoms with Crippen molar-refractivity contribution in [2.24, 2.45) is 0 Å². The van der Waals surface area contributed by atoms with Crippen molar-refractivity contribution >= 4 is 28.5 Å². The molecule has 0 radical (unpaired) electrons. The minimum absolute atomic E-state index is 0.0927. The zero-order chi connectivity index (χ0) is 20.4. The molecule has 0 N–H and O–H groups in total. The number of ether oxygens (including phenoxy) is 1. The summed E-state index contributed by atoms with van der Waals surface area (Å²) < 4.78 is 36.5. The van der Waals surface area contributed by atoms with E-state index in [1.54, 1.807) is 0 Å². The molecule has 0 aliphatic heterocycles. The number of nitrogens with zero attached hydrogens (tertiary/aromatic N) is 2. The number of hydrogen-bond acceptors (Lipinski definition) is 7. The Morgan fingerprint density at radius 3 is 2.57 bits per heavy atom. The third-order valence-corrected chi connectivity index (χ3v) is 3.76. The van der Waals surface area contributed by atoms with Gasteiger partial charge in [0.1, 0.15) is 6.54 Å². The Bertz CT molecular complexity index is 1170. The fourth-order valence-corrected chi connectivity index (χ4v) is 2.39. The van der Waals surface area contributed by atoms with Crippen molar-refractivity contribution in [1.82, 2.24) is 4.57 Å². The Morgan fingerprint density at radius 1 is 1.14 bits per heavy atom. The molecule has 0 atom stereocenters. The van der Waals surface area contributed by atoms with Gasteiger partial charge in [0.25, 0.3) is 5.69 Å².